The van der Waals surface area contributed by atoms with Crippen LogP contribution >= 0.6 is 0 Å². The van der Waals surface area contributed by atoms with Gasteiger partial charge >= 0.3 is 6.03 Å². The van der Waals surface area contributed by atoms with Crippen LogP contribution in [0.15, 0.2) is 18.2 Å². The van der Waals surface area contributed by atoms with Crippen molar-refractivity contribution in [1.82, 2.24) is 9.80 Å². The Morgan fingerprint density at radius 2 is 1.96 bits per heavy atom. The third-order valence-electron chi connectivity index (χ3n) is 5.57. The van der Waals surface area contributed by atoms with E-state index in [4.69, 9.17) is 0 Å². The number of rotatable bonds is 4. The minimum atomic E-state index is 0.0418. The van der Waals surface area contributed by atoms with Crippen LogP contribution in [0.1, 0.15) is 31.2 Å². The number of carbonyl (C=O) groups excluding carboxylic acids is 1. The number of hydrogen-bond donors (Lipinski definition) is 1. The maximum Gasteiger partial charge on any atom is 0.321 e. The van der Waals surface area contributed by atoms with Crippen molar-refractivity contribution in [3.63, 3.8) is 0 Å². The van der Waals surface area contributed by atoms with Crippen LogP contribution in [0.3, 0.4) is 0 Å². The summed E-state index contributed by atoms with van der Waals surface area (Å²) in [6.07, 6.45) is 5.17. The normalized spacial score (nSPS) is 21.4. The Kier molecular flexibility index (Phi) is 5.84. The van der Waals surface area contributed by atoms with Crippen molar-refractivity contribution >= 4 is 17.4 Å². The predicted molar refractivity (Wildman–Crippen MR) is 104 cm³/mol. The summed E-state index contributed by atoms with van der Waals surface area (Å²) in [7, 11) is 4.05. The highest BCUT2D eigenvalue weighted by atomic mass is 16.2. The first-order chi connectivity index (χ1) is 12.0. The van der Waals surface area contributed by atoms with Gasteiger partial charge in [0.05, 0.1) is 0 Å². The summed E-state index contributed by atoms with van der Waals surface area (Å²) < 4.78 is 0. The Labute approximate surface area is 152 Å². The summed E-state index contributed by atoms with van der Waals surface area (Å²) in [5.74, 6) is 0.623. The van der Waals surface area contributed by atoms with Gasteiger partial charge in [-0.1, -0.05) is 12.5 Å². The number of nitrogens with zero attached hydrogens (tertiary/aromatic N) is 3. The van der Waals surface area contributed by atoms with Crippen LogP contribution < -0.4 is 10.2 Å². The van der Waals surface area contributed by atoms with Crippen molar-refractivity contribution in [2.45, 2.75) is 32.6 Å². The third kappa shape index (κ3) is 4.46. The zero-order valence-electron chi connectivity index (χ0n) is 15.9. The molecule has 5 nitrogen and oxygen atoms in total. The molecule has 0 bridgehead atoms. The summed E-state index contributed by atoms with van der Waals surface area (Å²) in [4.78, 5) is 19.3. The van der Waals surface area contributed by atoms with Gasteiger partial charge in [0.1, 0.15) is 0 Å². The van der Waals surface area contributed by atoms with Crippen LogP contribution in [-0.4, -0.2) is 62.7 Å². The Morgan fingerprint density at radius 1 is 1.20 bits per heavy atom. The van der Waals surface area contributed by atoms with Gasteiger partial charge in [-0.15, -0.1) is 0 Å². The Morgan fingerprint density at radius 3 is 2.68 bits per heavy atom. The van der Waals surface area contributed by atoms with Crippen LogP contribution in [0.2, 0.25) is 0 Å². The molecule has 0 spiro atoms. The number of urea groups is 1. The summed E-state index contributed by atoms with van der Waals surface area (Å²) in [5, 5.41) is 3.12. The van der Waals surface area contributed by atoms with Gasteiger partial charge in [0.15, 0.2) is 0 Å². The van der Waals surface area contributed by atoms with Gasteiger partial charge in [0.2, 0.25) is 0 Å². The van der Waals surface area contributed by atoms with E-state index >= 15 is 0 Å². The highest BCUT2D eigenvalue weighted by molar-refractivity contribution is 5.91. The molecule has 0 saturated carbocycles. The molecule has 5 heteroatoms. The summed E-state index contributed by atoms with van der Waals surface area (Å²) in [5.41, 5.74) is 3.17. The van der Waals surface area contributed by atoms with E-state index in [9.17, 15) is 4.79 Å². The molecule has 2 aliphatic heterocycles. The lowest BCUT2D eigenvalue weighted by Gasteiger charge is -2.29. The van der Waals surface area contributed by atoms with Crippen molar-refractivity contribution in [1.29, 1.82) is 0 Å². The van der Waals surface area contributed by atoms with E-state index in [0.717, 1.165) is 43.0 Å². The molecule has 3 rings (SSSR count). The Balaban J connectivity index is 1.55. The zero-order chi connectivity index (χ0) is 17.8. The summed E-state index contributed by atoms with van der Waals surface area (Å²) >= 11 is 0. The zero-order valence-corrected chi connectivity index (χ0v) is 15.9. The molecule has 2 fully saturated rings. The molecule has 0 aliphatic carbocycles. The second-order valence-corrected chi connectivity index (χ2v) is 7.74. The average molecular weight is 345 g/mol. The fourth-order valence-electron chi connectivity index (χ4n) is 4.11. The van der Waals surface area contributed by atoms with Gasteiger partial charge in [-0.25, -0.2) is 4.79 Å². The van der Waals surface area contributed by atoms with E-state index in [1.807, 2.05) is 31.1 Å². The summed E-state index contributed by atoms with van der Waals surface area (Å²) in [6.45, 7) is 7.44. The van der Waals surface area contributed by atoms with Gasteiger partial charge < -0.3 is 20.0 Å². The van der Waals surface area contributed by atoms with E-state index in [1.54, 1.807) is 0 Å². The maximum atomic E-state index is 12.7. The molecule has 2 saturated heterocycles. The fourth-order valence-corrected chi connectivity index (χ4v) is 4.11. The number of likely N-dealkylation sites (tertiary alicyclic amines) is 2. The molecule has 25 heavy (non-hydrogen) atoms. The first kappa shape index (κ1) is 18.1. The molecule has 1 atom stereocenters. The third-order valence-corrected chi connectivity index (χ3v) is 5.57. The van der Waals surface area contributed by atoms with Crippen LogP contribution in [0.4, 0.5) is 16.2 Å². The quantitative estimate of drug-likeness (QED) is 0.910. The molecule has 1 aromatic carbocycles. The van der Waals surface area contributed by atoms with Gasteiger partial charge in [-0.2, -0.15) is 0 Å². The number of piperidine rings is 1. The number of carbonyl (C=O) groups is 1. The van der Waals surface area contributed by atoms with Gasteiger partial charge in [-0.3, -0.25) is 0 Å². The number of benzene rings is 1. The molecule has 138 valence electrons. The average Bonchev–Trinajstić information content (AvgIpc) is 3.06. The van der Waals surface area contributed by atoms with Crippen molar-refractivity contribution in [2.24, 2.45) is 5.92 Å². The lowest BCUT2D eigenvalue weighted by molar-refractivity contribution is 0.192. The first-order valence-electron chi connectivity index (χ1n) is 9.60. The minimum Gasteiger partial charge on any atom is -0.377 e. The smallest absolute Gasteiger partial charge is 0.321 e. The standard InChI is InChI=1S/C20H32N4O/c1-16-18(8-7-9-19(16)22(2)3)21-20(25)24-13-10-17(15-24)14-23-11-5-4-6-12-23/h7-9,17H,4-6,10-15H2,1-3H3,(H,21,25)/t17-/m0/s1. The maximum absolute atomic E-state index is 12.7. The first-order valence-corrected chi connectivity index (χ1v) is 9.60. The molecule has 2 aliphatic rings. The molecular formula is C20H32N4O. The second-order valence-electron chi connectivity index (χ2n) is 7.74. The SMILES string of the molecule is Cc1c(NC(=O)N2CC[C@@H](CN3CCCCC3)C2)cccc1N(C)C. The number of nitrogens with one attached hydrogen (secondary N) is 1. The molecular weight excluding hydrogens is 312 g/mol. The van der Waals surface area contributed by atoms with Crippen LogP contribution in [-0.2, 0) is 0 Å². The van der Waals surface area contributed by atoms with Crippen LogP contribution in [0.5, 0.6) is 0 Å². The van der Waals surface area contributed by atoms with Crippen LogP contribution in [0, 0.1) is 12.8 Å². The minimum absolute atomic E-state index is 0.0418. The molecule has 2 amide bonds. The van der Waals surface area contributed by atoms with Crippen molar-refractivity contribution in [3.05, 3.63) is 23.8 Å². The summed E-state index contributed by atoms with van der Waals surface area (Å²) in [6, 6.07) is 6.11. The van der Waals surface area contributed by atoms with Crippen molar-refractivity contribution in [3.8, 4) is 0 Å². The van der Waals surface area contributed by atoms with E-state index in [0.29, 0.717) is 5.92 Å². The largest absolute Gasteiger partial charge is 0.377 e. The number of hydrogen-bond acceptors (Lipinski definition) is 3. The molecule has 1 aromatic rings. The van der Waals surface area contributed by atoms with Crippen LogP contribution in [0.25, 0.3) is 0 Å². The van der Waals surface area contributed by atoms with Crippen molar-refractivity contribution < 1.29 is 4.79 Å². The Hall–Kier alpha value is -1.75. The predicted octanol–water partition coefficient (Wildman–Crippen LogP) is 3.40. The molecule has 0 radical (unpaired) electrons. The topological polar surface area (TPSA) is 38.8 Å². The monoisotopic (exact) mass is 344 g/mol. The highest BCUT2D eigenvalue weighted by Gasteiger charge is 2.28. The second kappa shape index (κ2) is 8.09. The molecule has 1 N–H and O–H groups in total. The van der Waals surface area contributed by atoms with E-state index < -0.39 is 0 Å². The molecule has 0 unspecified atom stereocenters. The van der Waals surface area contributed by atoms with E-state index in [2.05, 4.69) is 28.1 Å². The lowest BCUT2D eigenvalue weighted by atomic mass is 10.1. The lowest BCUT2D eigenvalue weighted by Crippen LogP contribution is -2.37. The fraction of sp³-hybridized carbons (Fsp3) is 0.650. The number of amides is 2. The Bertz CT molecular complexity index is 595. The van der Waals surface area contributed by atoms with Gasteiger partial charge in [0, 0.05) is 45.1 Å². The van der Waals surface area contributed by atoms with Crippen molar-refractivity contribution in [2.75, 3.05) is 57.0 Å². The molecule has 0 aromatic heterocycles. The van der Waals surface area contributed by atoms with Gasteiger partial charge in [0.25, 0.3) is 0 Å². The highest BCUT2D eigenvalue weighted by Crippen LogP contribution is 2.26. The van der Waals surface area contributed by atoms with Gasteiger partial charge in [-0.05, 0) is 62.9 Å². The number of anilines is 2. The van der Waals surface area contributed by atoms with E-state index in [1.165, 1.54) is 32.4 Å². The van der Waals surface area contributed by atoms with E-state index in [-0.39, 0.29) is 6.03 Å². The molecule has 2 heterocycles.